The van der Waals surface area contributed by atoms with Gasteiger partial charge in [-0.2, -0.15) is 0 Å². The summed E-state index contributed by atoms with van der Waals surface area (Å²) in [5.41, 5.74) is 2.06. The fraction of sp³-hybridized carbons (Fsp3) is 0.538. The minimum atomic E-state index is -0.0342. The first kappa shape index (κ1) is 11.1. The van der Waals surface area contributed by atoms with Crippen LogP contribution in [-0.2, 0) is 4.79 Å². The van der Waals surface area contributed by atoms with Crippen LogP contribution in [0.1, 0.15) is 36.4 Å². The van der Waals surface area contributed by atoms with E-state index >= 15 is 0 Å². The lowest BCUT2D eigenvalue weighted by Gasteiger charge is -2.19. The van der Waals surface area contributed by atoms with E-state index in [1.165, 1.54) is 0 Å². The highest BCUT2D eigenvalue weighted by Gasteiger charge is 2.26. The third-order valence-electron chi connectivity index (χ3n) is 3.20. The van der Waals surface area contributed by atoms with Gasteiger partial charge in [-0.25, -0.2) is 0 Å². The summed E-state index contributed by atoms with van der Waals surface area (Å²) in [5, 5.41) is 0. The molecule has 1 aliphatic heterocycles. The minimum Gasteiger partial charge on any atom is -0.345 e. The Morgan fingerprint density at radius 1 is 1.38 bits per heavy atom. The Balaban J connectivity index is 2.24. The first-order valence-electron chi connectivity index (χ1n) is 5.86. The van der Waals surface area contributed by atoms with Crippen LogP contribution in [-0.4, -0.2) is 29.4 Å². The van der Waals surface area contributed by atoms with Crippen molar-refractivity contribution >= 4 is 5.91 Å². The van der Waals surface area contributed by atoms with Crippen molar-refractivity contribution in [3.05, 3.63) is 29.6 Å². The van der Waals surface area contributed by atoms with E-state index in [9.17, 15) is 4.79 Å². The number of carbonyl (C=O) groups is 1. The fourth-order valence-electron chi connectivity index (χ4n) is 2.16. The predicted molar refractivity (Wildman–Crippen MR) is 63.2 cm³/mol. The van der Waals surface area contributed by atoms with Gasteiger partial charge >= 0.3 is 0 Å². The maximum Gasteiger partial charge on any atom is 0.231 e. The molecular weight excluding hydrogens is 200 g/mol. The average Bonchev–Trinajstić information content (AvgIpc) is 2.44. The topological polar surface area (TPSA) is 33.2 Å². The van der Waals surface area contributed by atoms with Gasteiger partial charge in [0.25, 0.3) is 0 Å². The Hall–Kier alpha value is -1.38. The van der Waals surface area contributed by atoms with Crippen molar-refractivity contribution in [3.63, 3.8) is 0 Å². The average molecular weight is 218 g/mol. The second kappa shape index (κ2) is 4.64. The van der Waals surface area contributed by atoms with Gasteiger partial charge in [-0.05, 0) is 31.4 Å². The largest absolute Gasteiger partial charge is 0.345 e. The van der Waals surface area contributed by atoms with Crippen LogP contribution in [0.4, 0.5) is 0 Å². The normalized spacial score (nSPS) is 22.0. The molecule has 0 saturated carbocycles. The van der Waals surface area contributed by atoms with Gasteiger partial charge in [0.2, 0.25) is 5.91 Å². The molecule has 2 heterocycles. The van der Waals surface area contributed by atoms with E-state index in [0.29, 0.717) is 0 Å². The smallest absolute Gasteiger partial charge is 0.231 e. The minimum absolute atomic E-state index is 0.0342. The summed E-state index contributed by atoms with van der Waals surface area (Å²) in [6.07, 6.45) is 4.98. The summed E-state index contributed by atoms with van der Waals surface area (Å²) < 4.78 is 0. The number of likely N-dealkylation sites (tertiary alicyclic amines) is 1. The molecule has 1 aliphatic rings. The van der Waals surface area contributed by atoms with Gasteiger partial charge < -0.3 is 4.90 Å². The molecular formula is C13H18N2O. The molecule has 3 nitrogen and oxygen atoms in total. The molecule has 1 unspecified atom stereocenters. The molecule has 0 aromatic carbocycles. The van der Waals surface area contributed by atoms with E-state index in [0.717, 1.165) is 37.1 Å². The lowest BCUT2D eigenvalue weighted by Crippen LogP contribution is -2.30. The monoisotopic (exact) mass is 218 g/mol. The highest BCUT2D eigenvalue weighted by molar-refractivity contribution is 5.83. The summed E-state index contributed by atoms with van der Waals surface area (Å²) in [5.74, 6) is 0.182. The molecule has 1 atom stereocenters. The molecule has 2 rings (SSSR count). The summed E-state index contributed by atoms with van der Waals surface area (Å²) in [7, 11) is 1.88. The van der Waals surface area contributed by atoms with Crippen molar-refractivity contribution in [2.24, 2.45) is 0 Å². The van der Waals surface area contributed by atoms with Gasteiger partial charge in [0.1, 0.15) is 0 Å². The van der Waals surface area contributed by atoms with Crippen molar-refractivity contribution in [3.8, 4) is 0 Å². The molecule has 1 amide bonds. The van der Waals surface area contributed by atoms with Crippen molar-refractivity contribution in [1.82, 2.24) is 9.88 Å². The van der Waals surface area contributed by atoms with Crippen molar-refractivity contribution in [1.29, 1.82) is 0 Å². The van der Waals surface area contributed by atoms with E-state index in [4.69, 9.17) is 0 Å². The van der Waals surface area contributed by atoms with Gasteiger partial charge in [0.15, 0.2) is 0 Å². The fourth-order valence-corrected chi connectivity index (χ4v) is 2.16. The molecule has 16 heavy (non-hydrogen) atoms. The molecule has 1 aromatic rings. The molecule has 0 N–H and O–H groups in total. The number of nitrogens with zero attached hydrogens (tertiary/aromatic N) is 2. The maximum absolute atomic E-state index is 12.1. The molecule has 1 fully saturated rings. The molecule has 0 spiro atoms. The highest BCUT2D eigenvalue weighted by Crippen LogP contribution is 2.25. The van der Waals surface area contributed by atoms with Crippen LogP contribution in [0.2, 0.25) is 0 Å². The summed E-state index contributed by atoms with van der Waals surface area (Å²) in [6, 6.07) is 4.01. The quantitative estimate of drug-likeness (QED) is 0.723. The SMILES string of the molecule is Cc1ccc(C2CCCCN(C)C2=O)nc1. The number of rotatable bonds is 1. The molecule has 3 heteroatoms. The van der Waals surface area contributed by atoms with Gasteiger partial charge in [0.05, 0.1) is 11.6 Å². The lowest BCUT2D eigenvalue weighted by molar-refractivity contribution is -0.131. The Labute approximate surface area is 96.5 Å². The Morgan fingerprint density at radius 2 is 2.19 bits per heavy atom. The first-order chi connectivity index (χ1) is 7.68. The molecule has 0 bridgehead atoms. The van der Waals surface area contributed by atoms with Crippen LogP contribution in [0, 0.1) is 6.92 Å². The van der Waals surface area contributed by atoms with E-state index in [1.807, 2.05) is 37.2 Å². The lowest BCUT2D eigenvalue weighted by atomic mass is 9.98. The standard InChI is InChI=1S/C13H18N2O/c1-10-6-7-12(14-9-10)11-5-3-4-8-15(2)13(11)16/h6-7,9,11H,3-5,8H2,1-2H3. The number of aryl methyl sites for hydroxylation is 1. The van der Waals surface area contributed by atoms with Gasteiger partial charge in [0, 0.05) is 19.8 Å². The number of hydrogen-bond donors (Lipinski definition) is 0. The van der Waals surface area contributed by atoms with E-state index < -0.39 is 0 Å². The van der Waals surface area contributed by atoms with E-state index in [2.05, 4.69) is 4.98 Å². The first-order valence-corrected chi connectivity index (χ1v) is 5.86. The molecule has 1 saturated heterocycles. The predicted octanol–water partition coefficient (Wildman–Crippen LogP) is 2.12. The van der Waals surface area contributed by atoms with Crippen molar-refractivity contribution in [2.75, 3.05) is 13.6 Å². The number of carbonyl (C=O) groups excluding carboxylic acids is 1. The molecule has 1 aromatic heterocycles. The van der Waals surface area contributed by atoms with Crippen LogP contribution in [0.5, 0.6) is 0 Å². The van der Waals surface area contributed by atoms with Gasteiger partial charge in [-0.15, -0.1) is 0 Å². The number of likely N-dealkylation sites (N-methyl/N-ethyl adjacent to an activating group) is 1. The van der Waals surface area contributed by atoms with Crippen LogP contribution in [0.15, 0.2) is 18.3 Å². The van der Waals surface area contributed by atoms with Crippen LogP contribution in [0.25, 0.3) is 0 Å². The number of pyridine rings is 1. The zero-order valence-corrected chi connectivity index (χ0v) is 9.94. The Morgan fingerprint density at radius 3 is 2.88 bits per heavy atom. The van der Waals surface area contributed by atoms with Crippen LogP contribution in [0.3, 0.4) is 0 Å². The number of aromatic nitrogens is 1. The molecule has 0 radical (unpaired) electrons. The zero-order valence-electron chi connectivity index (χ0n) is 9.94. The van der Waals surface area contributed by atoms with Gasteiger partial charge in [-0.1, -0.05) is 12.5 Å². The van der Waals surface area contributed by atoms with E-state index in [1.54, 1.807) is 0 Å². The number of amides is 1. The summed E-state index contributed by atoms with van der Waals surface area (Å²) in [6.45, 7) is 2.89. The zero-order chi connectivity index (χ0) is 11.5. The Bertz CT molecular complexity index is 372. The summed E-state index contributed by atoms with van der Waals surface area (Å²) in [4.78, 5) is 18.3. The second-order valence-electron chi connectivity index (χ2n) is 4.57. The van der Waals surface area contributed by atoms with E-state index in [-0.39, 0.29) is 11.8 Å². The van der Waals surface area contributed by atoms with Crippen LogP contribution < -0.4 is 0 Å². The summed E-state index contributed by atoms with van der Waals surface area (Å²) >= 11 is 0. The van der Waals surface area contributed by atoms with Gasteiger partial charge in [-0.3, -0.25) is 9.78 Å². The third kappa shape index (κ3) is 2.23. The highest BCUT2D eigenvalue weighted by atomic mass is 16.2. The third-order valence-corrected chi connectivity index (χ3v) is 3.20. The Kier molecular flexibility index (Phi) is 3.22. The van der Waals surface area contributed by atoms with Crippen molar-refractivity contribution in [2.45, 2.75) is 32.1 Å². The van der Waals surface area contributed by atoms with Crippen molar-refractivity contribution < 1.29 is 4.79 Å². The second-order valence-corrected chi connectivity index (χ2v) is 4.57. The van der Waals surface area contributed by atoms with Crippen LogP contribution >= 0.6 is 0 Å². The molecule has 0 aliphatic carbocycles. The maximum atomic E-state index is 12.1. The molecule has 86 valence electrons. The number of hydrogen-bond acceptors (Lipinski definition) is 2.